The second-order valence-corrected chi connectivity index (χ2v) is 5.59. The van der Waals surface area contributed by atoms with E-state index < -0.39 is 0 Å². The summed E-state index contributed by atoms with van der Waals surface area (Å²) in [5.41, 5.74) is 0.0768. The zero-order valence-electron chi connectivity index (χ0n) is 8.72. The van der Waals surface area contributed by atoms with E-state index in [9.17, 15) is 5.11 Å². The van der Waals surface area contributed by atoms with E-state index in [1.807, 2.05) is 0 Å². The first-order valence-electron chi connectivity index (χ1n) is 5.00. The standard InChI is InChI=1S/C11H17BrOS/c1-3-11(4-2,8-13)7-10-9(12)5-6-14-10/h5-6,13H,3-4,7-8H2,1-2H3. The van der Waals surface area contributed by atoms with Crippen LogP contribution in [0, 0.1) is 5.41 Å². The summed E-state index contributed by atoms with van der Waals surface area (Å²) in [6.45, 7) is 4.59. The Kier molecular flexibility index (Phi) is 4.61. The van der Waals surface area contributed by atoms with E-state index in [1.165, 1.54) is 9.35 Å². The minimum Gasteiger partial charge on any atom is -0.396 e. The summed E-state index contributed by atoms with van der Waals surface area (Å²) >= 11 is 5.30. The maximum absolute atomic E-state index is 9.46. The maximum atomic E-state index is 9.46. The smallest absolute Gasteiger partial charge is 0.0490 e. The summed E-state index contributed by atoms with van der Waals surface area (Å²) in [4.78, 5) is 1.35. The molecule has 0 unspecified atom stereocenters. The fourth-order valence-corrected chi connectivity index (χ4v) is 3.24. The predicted molar refractivity (Wildman–Crippen MR) is 65.8 cm³/mol. The van der Waals surface area contributed by atoms with Crippen LogP contribution in [0.4, 0.5) is 0 Å². The van der Waals surface area contributed by atoms with Gasteiger partial charge >= 0.3 is 0 Å². The molecule has 0 aromatic carbocycles. The van der Waals surface area contributed by atoms with E-state index in [4.69, 9.17) is 0 Å². The van der Waals surface area contributed by atoms with Crippen molar-refractivity contribution in [2.45, 2.75) is 33.1 Å². The van der Waals surface area contributed by atoms with Gasteiger partial charge in [0.15, 0.2) is 0 Å². The van der Waals surface area contributed by atoms with Crippen LogP contribution in [0.2, 0.25) is 0 Å². The van der Waals surface area contributed by atoms with Gasteiger partial charge in [-0.05, 0) is 52.1 Å². The topological polar surface area (TPSA) is 20.2 Å². The fourth-order valence-electron chi connectivity index (χ4n) is 1.57. The van der Waals surface area contributed by atoms with E-state index in [2.05, 4.69) is 41.2 Å². The molecule has 0 atom stereocenters. The molecule has 80 valence electrons. The van der Waals surface area contributed by atoms with Crippen LogP contribution in [-0.4, -0.2) is 11.7 Å². The number of aliphatic hydroxyl groups excluding tert-OH is 1. The van der Waals surface area contributed by atoms with Crippen molar-refractivity contribution < 1.29 is 5.11 Å². The van der Waals surface area contributed by atoms with Crippen LogP contribution >= 0.6 is 27.3 Å². The van der Waals surface area contributed by atoms with Gasteiger partial charge in [-0.25, -0.2) is 0 Å². The maximum Gasteiger partial charge on any atom is 0.0490 e. The molecule has 3 heteroatoms. The molecule has 1 aromatic rings. The highest BCUT2D eigenvalue weighted by atomic mass is 79.9. The van der Waals surface area contributed by atoms with Gasteiger partial charge in [-0.15, -0.1) is 11.3 Å². The molecule has 1 rings (SSSR count). The largest absolute Gasteiger partial charge is 0.396 e. The van der Waals surface area contributed by atoms with Gasteiger partial charge in [-0.2, -0.15) is 0 Å². The Morgan fingerprint density at radius 1 is 1.43 bits per heavy atom. The summed E-state index contributed by atoms with van der Waals surface area (Å²) < 4.78 is 1.18. The molecular formula is C11H17BrOS. The van der Waals surface area contributed by atoms with Gasteiger partial charge in [-0.1, -0.05) is 13.8 Å². The second-order valence-electron chi connectivity index (χ2n) is 3.73. The van der Waals surface area contributed by atoms with Gasteiger partial charge in [0.05, 0.1) is 0 Å². The molecule has 0 amide bonds. The van der Waals surface area contributed by atoms with Crippen LogP contribution in [0.5, 0.6) is 0 Å². The molecule has 1 heterocycles. The predicted octanol–water partition coefficient (Wildman–Crippen LogP) is 3.85. The van der Waals surface area contributed by atoms with Crippen LogP contribution < -0.4 is 0 Å². The van der Waals surface area contributed by atoms with Crippen molar-refractivity contribution >= 4 is 27.3 Å². The lowest BCUT2D eigenvalue weighted by atomic mass is 9.80. The van der Waals surface area contributed by atoms with Gasteiger partial charge in [0, 0.05) is 16.0 Å². The van der Waals surface area contributed by atoms with Crippen molar-refractivity contribution in [3.8, 4) is 0 Å². The van der Waals surface area contributed by atoms with Crippen molar-refractivity contribution in [3.05, 3.63) is 20.8 Å². The van der Waals surface area contributed by atoms with Gasteiger partial charge in [0.1, 0.15) is 0 Å². The summed E-state index contributed by atoms with van der Waals surface area (Å²) in [5, 5.41) is 11.5. The Balaban J connectivity index is 2.79. The van der Waals surface area contributed by atoms with Crippen molar-refractivity contribution in [1.29, 1.82) is 0 Å². The van der Waals surface area contributed by atoms with E-state index in [-0.39, 0.29) is 12.0 Å². The molecule has 0 saturated heterocycles. The molecule has 0 spiro atoms. The number of hydrogen-bond acceptors (Lipinski definition) is 2. The summed E-state index contributed by atoms with van der Waals surface area (Å²) in [5.74, 6) is 0. The Bertz CT molecular complexity index is 270. The highest BCUT2D eigenvalue weighted by Crippen LogP contribution is 2.35. The molecule has 1 nitrogen and oxygen atoms in total. The fraction of sp³-hybridized carbons (Fsp3) is 0.636. The zero-order valence-corrected chi connectivity index (χ0v) is 11.1. The van der Waals surface area contributed by atoms with Crippen molar-refractivity contribution in [2.75, 3.05) is 6.61 Å². The Morgan fingerprint density at radius 3 is 2.43 bits per heavy atom. The molecule has 0 aliphatic heterocycles. The van der Waals surface area contributed by atoms with Crippen LogP contribution in [0.1, 0.15) is 31.6 Å². The average molecular weight is 277 g/mol. The molecule has 1 N–H and O–H groups in total. The number of hydrogen-bond donors (Lipinski definition) is 1. The van der Waals surface area contributed by atoms with Crippen LogP contribution in [-0.2, 0) is 6.42 Å². The molecule has 0 saturated carbocycles. The second kappa shape index (κ2) is 5.29. The van der Waals surface area contributed by atoms with Gasteiger partial charge in [0.25, 0.3) is 0 Å². The summed E-state index contributed by atoms with van der Waals surface area (Å²) in [7, 11) is 0. The number of aliphatic hydroxyl groups is 1. The third-order valence-corrected chi connectivity index (χ3v) is 4.99. The molecular weight excluding hydrogens is 260 g/mol. The quantitative estimate of drug-likeness (QED) is 0.866. The third-order valence-electron chi connectivity index (χ3n) is 3.06. The number of halogens is 1. The lowest BCUT2D eigenvalue weighted by Crippen LogP contribution is -2.26. The molecule has 0 fully saturated rings. The van der Waals surface area contributed by atoms with E-state index in [0.717, 1.165) is 19.3 Å². The highest BCUT2D eigenvalue weighted by Gasteiger charge is 2.26. The monoisotopic (exact) mass is 276 g/mol. The normalized spacial score (nSPS) is 12.0. The first-order chi connectivity index (χ1) is 6.67. The first kappa shape index (κ1) is 12.2. The third kappa shape index (κ3) is 2.59. The number of thiophene rings is 1. The van der Waals surface area contributed by atoms with Gasteiger partial charge < -0.3 is 5.11 Å². The van der Waals surface area contributed by atoms with Crippen molar-refractivity contribution in [3.63, 3.8) is 0 Å². The Morgan fingerprint density at radius 2 is 2.07 bits per heavy atom. The molecule has 14 heavy (non-hydrogen) atoms. The molecule has 1 aromatic heterocycles. The summed E-state index contributed by atoms with van der Waals surface area (Å²) in [6, 6.07) is 2.08. The minimum absolute atomic E-state index is 0.0768. The highest BCUT2D eigenvalue weighted by molar-refractivity contribution is 9.10. The lowest BCUT2D eigenvalue weighted by Gasteiger charge is -2.28. The van der Waals surface area contributed by atoms with Gasteiger partial charge in [-0.3, -0.25) is 0 Å². The van der Waals surface area contributed by atoms with Crippen LogP contribution in [0.15, 0.2) is 15.9 Å². The molecule has 0 radical (unpaired) electrons. The SMILES string of the molecule is CCC(CC)(CO)Cc1sccc1Br. The van der Waals surface area contributed by atoms with E-state index in [0.29, 0.717) is 0 Å². The Labute approximate surface area is 98.3 Å². The van der Waals surface area contributed by atoms with Crippen molar-refractivity contribution in [1.82, 2.24) is 0 Å². The zero-order chi connectivity index (χ0) is 10.6. The lowest BCUT2D eigenvalue weighted by molar-refractivity contribution is 0.115. The molecule has 0 aliphatic carbocycles. The van der Waals surface area contributed by atoms with Crippen LogP contribution in [0.25, 0.3) is 0 Å². The van der Waals surface area contributed by atoms with Crippen LogP contribution in [0.3, 0.4) is 0 Å². The van der Waals surface area contributed by atoms with E-state index >= 15 is 0 Å². The van der Waals surface area contributed by atoms with Crippen molar-refractivity contribution in [2.24, 2.45) is 5.41 Å². The number of rotatable bonds is 5. The van der Waals surface area contributed by atoms with E-state index in [1.54, 1.807) is 11.3 Å². The molecule has 0 bridgehead atoms. The Hall–Kier alpha value is 0.140. The minimum atomic E-state index is 0.0768. The molecule has 0 aliphatic rings. The first-order valence-corrected chi connectivity index (χ1v) is 6.67. The van der Waals surface area contributed by atoms with Gasteiger partial charge in [0.2, 0.25) is 0 Å². The average Bonchev–Trinajstić information content (AvgIpc) is 2.61. The summed E-state index contributed by atoms with van der Waals surface area (Å²) in [6.07, 6.45) is 3.05.